The van der Waals surface area contributed by atoms with E-state index in [1.807, 2.05) is 0 Å². The molecule has 0 amide bonds. The fourth-order valence-corrected chi connectivity index (χ4v) is 2.45. The molecule has 0 spiro atoms. The quantitative estimate of drug-likeness (QED) is 0.664. The first-order chi connectivity index (χ1) is 9.06. The van der Waals surface area contributed by atoms with E-state index in [-0.39, 0.29) is 4.90 Å². The van der Waals surface area contributed by atoms with Gasteiger partial charge in [0.05, 0.1) is 0 Å². The summed E-state index contributed by atoms with van der Waals surface area (Å²) >= 11 is 1.19. The molecule has 0 saturated carbocycles. The zero-order valence-electron chi connectivity index (χ0n) is 9.88. The van der Waals surface area contributed by atoms with E-state index in [2.05, 4.69) is 0 Å². The topological polar surface area (TPSA) is 40.5 Å². The molecule has 19 heavy (non-hydrogen) atoms. The van der Waals surface area contributed by atoms with Crippen molar-refractivity contribution in [2.45, 2.75) is 10.6 Å². The molecule has 2 aromatic rings. The largest absolute Gasteiger partial charge is 0.488 e. The summed E-state index contributed by atoms with van der Waals surface area (Å²) in [4.78, 5) is 0.256. The smallest absolute Gasteiger partial charge is 0.423 e. The maximum absolute atomic E-state index is 13.4. The molecule has 2 aromatic carbocycles. The molecule has 0 fully saturated rings. The summed E-state index contributed by atoms with van der Waals surface area (Å²) in [5.74, 6) is -0.446. The summed E-state index contributed by atoms with van der Waals surface area (Å²) in [5, 5.41) is 17.9. The van der Waals surface area contributed by atoms with E-state index in [0.717, 1.165) is 23.8 Å². The Morgan fingerprint density at radius 2 is 1.68 bits per heavy atom. The molecule has 2 N–H and O–H groups in total. The molecule has 0 aliphatic carbocycles. The minimum atomic E-state index is -1.50. The van der Waals surface area contributed by atoms with Gasteiger partial charge in [-0.2, -0.15) is 0 Å². The predicted molar refractivity (Wildman–Crippen MR) is 72.2 cm³/mol. The van der Waals surface area contributed by atoms with Gasteiger partial charge in [-0.05, 0) is 29.2 Å². The highest BCUT2D eigenvalue weighted by Crippen LogP contribution is 2.25. The normalized spacial score (nSPS) is 10.5. The van der Waals surface area contributed by atoms with Crippen LogP contribution in [0.25, 0.3) is 0 Å². The summed E-state index contributed by atoms with van der Waals surface area (Å²) in [6.45, 7) is 0. The molecular weight excluding hydrogens is 269 g/mol. The lowest BCUT2D eigenvalue weighted by atomic mass is 9.80. The van der Waals surface area contributed by atoms with Crippen molar-refractivity contribution in [1.29, 1.82) is 0 Å². The van der Waals surface area contributed by atoms with E-state index in [1.165, 1.54) is 11.8 Å². The van der Waals surface area contributed by atoms with Crippen LogP contribution in [0.1, 0.15) is 5.56 Å². The number of hydrogen-bond acceptors (Lipinski definition) is 3. The lowest BCUT2D eigenvalue weighted by Crippen LogP contribution is -2.29. The van der Waals surface area contributed by atoms with Gasteiger partial charge >= 0.3 is 7.12 Å². The second-order valence-electron chi connectivity index (χ2n) is 3.98. The molecule has 0 aliphatic heterocycles. The number of rotatable bonds is 4. The van der Waals surface area contributed by atoms with Gasteiger partial charge in [0.2, 0.25) is 0 Å². The van der Waals surface area contributed by atoms with Crippen molar-refractivity contribution in [2.24, 2.45) is 0 Å². The zero-order valence-corrected chi connectivity index (χ0v) is 10.7. The minimum Gasteiger partial charge on any atom is -0.423 e. The highest BCUT2D eigenvalue weighted by molar-refractivity contribution is 7.98. The van der Waals surface area contributed by atoms with Crippen LogP contribution in [0.5, 0.6) is 0 Å². The van der Waals surface area contributed by atoms with Crippen molar-refractivity contribution in [3.05, 3.63) is 59.7 Å². The van der Waals surface area contributed by atoms with Gasteiger partial charge < -0.3 is 10.0 Å². The fourth-order valence-electron chi connectivity index (χ4n) is 1.53. The monoisotopic (exact) mass is 280 g/mol. The number of benzene rings is 2. The van der Waals surface area contributed by atoms with Crippen molar-refractivity contribution in [2.75, 3.05) is 0 Å². The van der Waals surface area contributed by atoms with Crippen LogP contribution >= 0.6 is 11.8 Å². The molecule has 0 heterocycles. The van der Waals surface area contributed by atoms with Gasteiger partial charge in [0, 0.05) is 10.6 Å². The van der Waals surface area contributed by atoms with Crippen molar-refractivity contribution < 1.29 is 18.8 Å². The van der Waals surface area contributed by atoms with Gasteiger partial charge in [-0.25, -0.2) is 8.78 Å². The Bertz CT molecular complexity index is 561. The van der Waals surface area contributed by atoms with Crippen LogP contribution < -0.4 is 5.46 Å². The van der Waals surface area contributed by atoms with Gasteiger partial charge in [-0.1, -0.05) is 24.3 Å². The number of hydrogen-bond donors (Lipinski definition) is 2. The van der Waals surface area contributed by atoms with E-state index < -0.39 is 18.8 Å². The molecule has 0 radical (unpaired) electrons. The second kappa shape index (κ2) is 6.19. The van der Waals surface area contributed by atoms with Gasteiger partial charge in [0.1, 0.15) is 11.6 Å². The van der Waals surface area contributed by atoms with Crippen LogP contribution in [0, 0.1) is 11.6 Å². The Hall–Kier alpha value is -1.37. The zero-order chi connectivity index (χ0) is 13.8. The van der Waals surface area contributed by atoms with Gasteiger partial charge in [-0.15, -0.1) is 11.8 Å². The fraction of sp³-hybridized carbons (Fsp3) is 0.0769. The van der Waals surface area contributed by atoms with Gasteiger partial charge in [0.25, 0.3) is 0 Å². The summed E-state index contributed by atoms with van der Waals surface area (Å²) in [6.07, 6.45) is 0. The highest BCUT2D eigenvalue weighted by Gasteiger charge is 2.10. The van der Waals surface area contributed by atoms with E-state index in [0.29, 0.717) is 11.2 Å². The lowest BCUT2D eigenvalue weighted by Gasteiger charge is -2.05. The lowest BCUT2D eigenvalue weighted by molar-refractivity contribution is 0.426. The van der Waals surface area contributed by atoms with Crippen LogP contribution in [-0.4, -0.2) is 17.2 Å². The first-order valence-corrected chi connectivity index (χ1v) is 6.57. The molecule has 2 nitrogen and oxygen atoms in total. The highest BCUT2D eigenvalue weighted by atomic mass is 32.2. The minimum absolute atomic E-state index is 0.256. The second-order valence-corrected chi connectivity index (χ2v) is 5.00. The summed E-state index contributed by atoms with van der Waals surface area (Å²) in [5.41, 5.74) is 1.28. The Morgan fingerprint density at radius 1 is 1.00 bits per heavy atom. The van der Waals surface area contributed by atoms with Crippen LogP contribution in [0.3, 0.4) is 0 Å². The molecule has 0 bridgehead atoms. The maximum atomic E-state index is 13.4. The van der Waals surface area contributed by atoms with E-state index >= 15 is 0 Å². The molecule has 6 heteroatoms. The third-order valence-corrected chi connectivity index (χ3v) is 3.67. The summed E-state index contributed by atoms with van der Waals surface area (Å²) < 4.78 is 26.4. The van der Waals surface area contributed by atoms with Gasteiger partial charge in [0.15, 0.2) is 0 Å². The average molecular weight is 280 g/mol. The maximum Gasteiger partial charge on any atom is 0.488 e. The van der Waals surface area contributed by atoms with Gasteiger partial charge in [-0.3, -0.25) is 0 Å². The van der Waals surface area contributed by atoms with Crippen molar-refractivity contribution in [1.82, 2.24) is 0 Å². The first-order valence-electron chi connectivity index (χ1n) is 5.59. The van der Waals surface area contributed by atoms with Crippen LogP contribution in [0.4, 0.5) is 8.78 Å². The first kappa shape index (κ1) is 14.1. The van der Waals surface area contributed by atoms with E-state index in [4.69, 9.17) is 10.0 Å². The molecule has 2 rings (SSSR count). The van der Waals surface area contributed by atoms with Crippen molar-refractivity contribution in [3.8, 4) is 0 Å². The van der Waals surface area contributed by atoms with Crippen LogP contribution in [-0.2, 0) is 5.75 Å². The third-order valence-electron chi connectivity index (χ3n) is 2.57. The standard InChI is InChI=1S/C13H11BF2O2S/c15-11-5-6-12(16)13(7-11)19-8-9-1-3-10(4-2-9)14(17)18/h1-7,17-18H,8H2. The molecular formula is C13H11BF2O2S. The summed E-state index contributed by atoms with van der Waals surface area (Å²) in [7, 11) is -1.50. The molecule has 98 valence electrons. The molecule has 0 saturated heterocycles. The number of halogens is 2. The average Bonchev–Trinajstić information content (AvgIpc) is 2.40. The SMILES string of the molecule is OB(O)c1ccc(CSc2cc(F)ccc2F)cc1. The molecule has 0 aliphatic rings. The third kappa shape index (κ3) is 3.80. The predicted octanol–water partition coefficient (Wildman–Crippen LogP) is 1.94. The van der Waals surface area contributed by atoms with Crippen molar-refractivity contribution >= 4 is 24.3 Å². The van der Waals surface area contributed by atoms with E-state index in [1.54, 1.807) is 24.3 Å². The number of thioether (sulfide) groups is 1. The Kier molecular flexibility index (Phi) is 4.58. The molecule has 0 aromatic heterocycles. The van der Waals surface area contributed by atoms with E-state index in [9.17, 15) is 8.78 Å². The Labute approximate surface area is 114 Å². The van der Waals surface area contributed by atoms with Crippen molar-refractivity contribution in [3.63, 3.8) is 0 Å². The van der Waals surface area contributed by atoms with Crippen LogP contribution in [0.2, 0.25) is 0 Å². The molecule has 0 unspecified atom stereocenters. The van der Waals surface area contributed by atoms with Crippen LogP contribution in [0.15, 0.2) is 47.4 Å². The molecule has 0 atom stereocenters. The Morgan fingerprint density at radius 3 is 2.32 bits per heavy atom. The summed E-state index contributed by atoms with van der Waals surface area (Å²) in [6, 6.07) is 9.95. The Balaban J connectivity index is 2.04.